The van der Waals surface area contributed by atoms with Gasteiger partial charge in [-0.3, -0.25) is 19.0 Å². The molecular formula is C19H21BrN4O3. The summed E-state index contributed by atoms with van der Waals surface area (Å²) in [5.41, 5.74) is 0.358. The first-order valence-corrected chi connectivity index (χ1v) is 10.0. The SMILES string of the molecule is O=C(NC1CC1)C1CCCN(C(=O)Cn2cnc3ccc(Br)cc3c2=O)C1. The molecule has 8 heteroatoms. The van der Waals surface area contributed by atoms with Crippen LogP contribution >= 0.6 is 15.9 Å². The summed E-state index contributed by atoms with van der Waals surface area (Å²) in [6, 6.07) is 5.63. The molecule has 2 aromatic rings. The van der Waals surface area contributed by atoms with E-state index in [0.717, 1.165) is 30.2 Å². The first-order valence-electron chi connectivity index (χ1n) is 9.24. The number of carbonyl (C=O) groups excluding carboxylic acids is 2. The Kier molecular flexibility index (Phi) is 4.99. The number of likely N-dealkylation sites (tertiary alicyclic amines) is 1. The lowest BCUT2D eigenvalue weighted by Crippen LogP contribution is -2.47. The Morgan fingerprint density at radius 3 is 2.85 bits per heavy atom. The molecular weight excluding hydrogens is 412 g/mol. The van der Waals surface area contributed by atoms with E-state index in [4.69, 9.17) is 0 Å². The van der Waals surface area contributed by atoms with Gasteiger partial charge in [-0.1, -0.05) is 15.9 Å². The lowest BCUT2D eigenvalue weighted by Gasteiger charge is -2.32. The van der Waals surface area contributed by atoms with E-state index in [1.165, 1.54) is 10.9 Å². The van der Waals surface area contributed by atoms with Crippen molar-refractivity contribution in [2.75, 3.05) is 13.1 Å². The third-order valence-electron chi connectivity index (χ3n) is 5.16. The maximum Gasteiger partial charge on any atom is 0.261 e. The summed E-state index contributed by atoms with van der Waals surface area (Å²) < 4.78 is 2.13. The monoisotopic (exact) mass is 432 g/mol. The molecule has 2 aliphatic rings. The molecule has 1 aromatic carbocycles. The van der Waals surface area contributed by atoms with Crippen LogP contribution in [0.3, 0.4) is 0 Å². The molecule has 4 rings (SSSR count). The molecule has 1 saturated carbocycles. The van der Waals surface area contributed by atoms with Crippen LogP contribution in [0.1, 0.15) is 25.7 Å². The zero-order valence-corrected chi connectivity index (χ0v) is 16.4. The van der Waals surface area contributed by atoms with Gasteiger partial charge in [-0.15, -0.1) is 0 Å². The summed E-state index contributed by atoms with van der Waals surface area (Å²) >= 11 is 3.36. The normalized spacial score (nSPS) is 19.9. The van der Waals surface area contributed by atoms with Crippen molar-refractivity contribution in [1.29, 1.82) is 0 Å². The highest BCUT2D eigenvalue weighted by molar-refractivity contribution is 9.10. The fourth-order valence-electron chi connectivity index (χ4n) is 3.45. The topological polar surface area (TPSA) is 84.3 Å². The molecule has 1 aromatic heterocycles. The maximum absolute atomic E-state index is 12.7. The minimum Gasteiger partial charge on any atom is -0.353 e. The minimum absolute atomic E-state index is 0.0457. The minimum atomic E-state index is -0.241. The van der Waals surface area contributed by atoms with Crippen molar-refractivity contribution in [3.05, 3.63) is 39.4 Å². The van der Waals surface area contributed by atoms with E-state index >= 15 is 0 Å². The Hall–Kier alpha value is -2.22. The van der Waals surface area contributed by atoms with E-state index in [-0.39, 0.29) is 29.8 Å². The molecule has 1 unspecified atom stereocenters. The molecule has 142 valence electrons. The quantitative estimate of drug-likeness (QED) is 0.796. The summed E-state index contributed by atoms with van der Waals surface area (Å²) in [6.45, 7) is 0.970. The number of amides is 2. The predicted octanol–water partition coefficient (Wildman–Crippen LogP) is 1.68. The molecule has 27 heavy (non-hydrogen) atoms. The van der Waals surface area contributed by atoms with Gasteiger partial charge >= 0.3 is 0 Å². The second-order valence-corrected chi connectivity index (χ2v) is 8.22. The van der Waals surface area contributed by atoms with Gasteiger partial charge in [0.2, 0.25) is 11.8 Å². The number of nitrogens with zero attached hydrogens (tertiary/aromatic N) is 3. The van der Waals surface area contributed by atoms with E-state index in [9.17, 15) is 14.4 Å². The lowest BCUT2D eigenvalue weighted by atomic mass is 9.97. The van der Waals surface area contributed by atoms with Crippen LogP contribution in [0.4, 0.5) is 0 Å². The first kappa shape index (κ1) is 18.2. The molecule has 0 radical (unpaired) electrons. The number of aromatic nitrogens is 2. The summed E-state index contributed by atoms with van der Waals surface area (Å²) in [5, 5.41) is 3.49. The van der Waals surface area contributed by atoms with Crippen LogP contribution in [-0.4, -0.2) is 45.4 Å². The number of hydrogen-bond acceptors (Lipinski definition) is 4. The van der Waals surface area contributed by atoms with Crippen LogP contribution in [0, 0.1) is 5.92 Å². The number of nitrogens with one attached hydrogen (secondary N) is 1. The zero-order valence-electron chi connectivity index (χ0n) is 14.9. The third kappa shape index (κ3) is 4.05. The van der Waals surface area contributed by atoms with E-state index < -0.39 is 0 Å². The number of hydrogen-bond donors (Lipinski definition) is 1. The number of rotatable bonds is 4. The average molecular weight is 433 g/mol. The molecule has 1 aliphatic heterocycles. The van der Waals surface area contributed by atoms with Crippen molar-refractivity contribution in [2.24, 2.45) is 5.92 Å². The van der Waals surface area contributed by atoms with E-state index in [2.05, 4.69) is 26.2 Å². The number of carbonyl (C=O) groups is 2. The third-order valence-corrected chi connectivity index (χ3v) is 5.65. The largest absolute Gasteiger partial charge is 0.353 e. The van der Waals surface area contributed by atoms with Gasteiger partial charge in [-0.2, -0.15) is 0 Å². The van der Waals surface area contributed by atoms with E-state index in [1.807, 2.05) is 6.07 Å². The van der Waals surface area contributed by atoms with Gasteiger partial charge in [-0.25, -0.2) is 4.98 Å². The number of fused-ring (bicyclic) bond motifs is 1. The van der Waals surface area contributed by atoms with Crippen molar-refractivity contribution in [3.63, 3.8) is 0 Å². The first-order chi connectivity index (χ1) is 13.0. The van der Waals surface area contributed by atoms with E-state index in [1.54, 1.807) is 17.0 Å². The van der Waals surface area contributed by atoms with Gasteiger partial charge in [0.1, 0.15) is 6.54 Å². The zero-order chi connectivity index (χ0) is 19.0. The smallest absolute Gasteiger partial charge is 0.261 e. The molecule has 2 fully saturated rings. The fourth-order valence-corrected chi connectivity index (χ4v) is 3.82. The van der Waals surface area contributed by atoms with Crippen molar-refractivity contribution in [3.8, 4) is 0 Å². The molecule has 1 aliphatic carbocycles. The van der Waals surface area contributed by atoms with Crippen LogP contribution in [0.15, 0.2) is 33.8 Å². The van der Waals surface area contributed by atoms with Gasteiger partial charge in [0, 0.05) is 23.6 Å². The van der Waals surface area contributed by atoms with Crippen LogP contribution in [0.25, 0.3) is 10.9 Å². The standard InChI is InChI=1S/C19H21BrN4O3/c20-13-3-6-16-15(8-13)19(27)24(11-21-16)10-17(25)23-7-1-2-12(9-23)18(26)22-14-4-5-14/h3,6,8,11-12,14H,1-2,4-5,7,9-10H2,(H,22,26). The van der Waals surface area contributed by atoms with Crippen molar-refractivity contribution >= 4 is 38.6 Å². The Morgan fingerprint density at radius 2 is 2.07 bits per heavy atom. The van der Waals surface area contributed by atoms with Crippen LogP contribution in [-0.2, 0) is 16.1 Å². The summed E-state index contributed by atoms with van der Waals surface area (Å²) in [7, 11) is 0. The average Bonchev–Trinajstić information content (AvgIpc) is 3.48. The molecule has 0 bridgehead atoms. The number of halogens is 1. The second-order valence-electron chi connectivity index (χ2n) is 7.30. The lowest BCUT2D eigenvalue weighted by molar-refractivity contribution is -0.136. The second kappa shape index (κ2) is 7.42. The fraction of sp³-hybridized carbons (Fsp3) is 0.474. The summed E-state index contributed by atoms with van der Waals surface area (Å²) in [6.07, 6.45) is 5.11. The molecule has 2 heterocycles. The van der Waals surface area contributed by atoms with Crippen molar-refractivity contribution < 1.29 is 9.59 Å². The highest BCUT2D eigenvalue weighted by atomic mass is 79.9. The van der Waals surface area contributed by atoms with Gasteiger partial charge in [0.25, 0.3) is 5.56 Å². The predicted molar refractivity (Wildman–Crippen MR) is 104 cm³/mol. The molecule has 7 nitrogen and oxygen atoms in total. The molecule has 1 atom stereocenters. The van der Waals surface area contributed by atoms with Crippen LogP contribution < -0.4 is 10.9 Å². The maximum atomic E-state index is 12.7. The van der Waals surface area contributed by atoms with Gasteiger partial charge < -0.3 is 10.2 Å². The Morgan fingerprint density at radius 1 is 1.26 bits per heavy atom. The van der Waals surface area contributed by atoms with Gasteiger partial charge in [0.15, 0.2) is 0 Å². The highest BCUT2D eigenvalue weighted by Crippen LogP contribution is 2.22. The Balaban J connectivity index is 1.46. The molecule has 0 spiro atoms. The van der Waals surface area contributed by atoms with Crippen molar-refractivity contribution in [1.82, 2.24) is 19.8 Å². The van der Waals surface area contributed by atoms with Crippen LogP contribution in [0.5, 0.6) is 0 Å². The summed E-state index contributed by atoms with van der Waals surface area (Å²) in [4.78, 5) is 43.6. The molecule has 2 amide bonds. The Bertz CT molecular complexity index is 954. The van der Waals surface area contributed by atoms with Gasteiger partial charge in [0.05, 0.1) is 23.1 Å². The molecule has 1 N–H and O–H groups in total. The van der Waals surface area contributed by atoms with E-state index in [0.29, 0.717) is 30.0 Å². The van der Waals surface area contributed by atoms with Crippen LogP contribution in [0.2, 0.25) is 0 Å². The van der Waals surface area contributed by atoms with Gasteiger partial charge in [-0.05, 0) is 43.9 Å². The Labute approximate surface area is 164 Å². The highest BCUT2D eigenvalue weighted by Gasteiger charge is 2.32. The van der Waals surface area contributed by atoms with Crippen molar-refractivity contribution in [2.45, 2.75) is 38.3 Å². The summed E-state index contributed by atoms with van der Waals surface area (Å²) in [5.74, 6) is -0.271. The molecule has 1 saturated heterocycles. The number of piperidine rings is 1. The number of benzene rings is 1.